The first kappa shape index (κ1) is 8.87. The summed E-state index contributed by atoms with van der Waals surface area (Å²) in [5.41, 5.74) is -0.479. The molecule has 0 bridgehead atoms. The summed E-state index contributed by atoms with van der Waals surface area (Å²) in [5.74, 6) is -2.82. The molecule has 1 aromatic rings. The van der Waals surface area contributed by atoms with Crippen molar-refractivity contribution in [3.8, 4) is 41.1 Å². The molecule has 0 aliphatic carbocycles. The van der Waals surface area contributed by atoms with Crippen molar-refractivity contribution in [3.05, 3.63) is 5.56 Å². The molecule has 5 N–H and O–H groups in total. The molecule has 0 saturated carbocycles. The summed E-state index contributed by atoms with van der Waals surface area (Å²) in [6.07, 6.45) is 4.87. The monoisotopic (exact) mass is 182 g/mol. The predicted molar refractivity (Wildman–Crippen MR) is 42.7 cm³/mol. The van der Waals surface area contributed by atoms with E-state index in [2.05, 4.69) is 0 Å². The highest BCUT2D eigenvalue weighted by atomic mass is 16.4. The van der Waals surface area contributed by atoms with Crippen LogP contribution in [0.1, 0.15) is 5.56 Å². The van der Waals surface area contributed by atoms with Gasteiger partial charge in [0.05, 0.1) is 0 Å². The van der Waals surface area contributed by atoms with Gasteiger partial charge in [0.25, 0.3) is 0 Å². The van der Waals surface area contributed by atoms with Crippen LogP contribution in [0.5, 0.6) is 28.7 Å². The number of aromatic hydroxyl groups is 5. The zero-order chi connectivity index (χ0) is 10.2. The molecule has 5 nitrogen and oxygen atoms in total. The standard InChI is InChI=1S/C8H6O5/c1-2-3-4(9)6(11)8(13)7(12)5(3)10/h1,9-13H. The summed E-state index contributed by atoms with van der Waals surface area (Å²) in [7, 11) is 0. The highest BCUT2D eigenvalue weighted by molar-refractivity contribution is 5.71. The third-order valence-electron chi connectivity index (χ3n) is 1.52. The number of hydrogen-bond donors (Lipinski definition) is 5. The van der Waals surface area contributed by atoms with E-state index < -0.39 is 34.3 Å². The molecule has 0 atom stereocenters. The van der Waals surface area contributed by atoms with Crippen LogP contribution in [0.2, 0.25) is 0 Å². The molecule has 0 heterocycles. The van der Waals surface area contributed by atoms with Gasteiger partial charge in [-0.1, -0.05) is 5.92 Å². The van der Waals surface area contributed by atoms with E-state index in [-0.39, 0.29) is 0 Å². The van der Waals surface area contributed by atoms with Gasteiger partial charge < -0.3 is 25.5 Å². The Labute approximate surface area is 73.1 Å². The van der Waals surface area contributed by atoms with E-state index in [9.17, 15) is 0 Å². The van der Waals surface area contributed by atoms with Gasteiger partial charge in [-0.05, 0) is 0 Å². The molecular formula is C8H6O5. The van der Waals surface area contributed by atoms with Crippen molar-refractivity contribution in [2.24, 2.45) is 0 Å². The lowest BCUT2D eigenvalue weighted by atomic mass is 10.1. The summed E-state index contributed by atoms with van der Waals surface area (Å²) >= 11 is 0. The Bertz CT molecular complexity index is 373. The predicted octanol–water partition coefficient (Wildman–Crippen LogP) is 0.196. The number of hydrogen-bond acceptors (Lipinski definition) is 5. The van der Waals surface area contributed by atoms with Gasteiger partial charge in [0.2, 0.25) is 17.2 Å². The number of terminal acetylenes is 1. The molecule has 0 aromatic heterocycles. The molecule has 0 unspecified atom stereocenters. The van der Waals surface area contributed by atoms with E-state index in [0.717, 1.165) is 0 Å². The fourth-order valence-electron chi connectivity index (χ4n) is 0.822. The molecule has 13 heavy (non-hydrogen) atoms. The zero-order valence-corrected chi connectivity index (χ0v) is 6.31. The van der Waals surface area contributed by atoms with Crippen molar-refractivity contribution in [3.63, 3.8) is 0 Å². The normalized spacial score (nSPS) is 9.46. The topological polar surface area (TPSA) is 101 Å². The maximum Gasteiger partial charge on any atom is 0.208 e. The fraction of sp³-hybridized carbons (Fsp3) is 0. The average molecular weight is 182 g/mol. The van der Waals surface area contributed by atoms with Gasteiger partial charge in [0.15, 0.2) is 11.5 Å². The van der Waals surface area contributed by atoms with Crippen molar-refractivity contribution in [2.45, 2.75) is 0 Å². The maximum atomic E-state index is 9.06. The van der Waals surface area contributed by atoms with Crippen LogP contribution in [0.3, 0.4) is 0 Å². The van der Waals surface area contributed by atoms with Crippen LogP contribution in [-0.2, 0) is 0 Å². The summed E-state index contributed by atoms with van der Waals surface area (Å²) in [6.45, 7) is 0. The average Bonchev–Trinajstić information content (AvgIpc) is 2.13. The first-order valence-electron chi connectivity index (χ1n) is 3.16. The van der Waals surface area contributed by atoms with Gasteiger partial charge in [-0.2, -0.15) is 0 Å². The Morgan fingerprint density at radius 2 is 1.00 bits per heavy atom. The van der Waals surface area contributed by atoms with Gasteiger partial charge >= 0.3 is 0 Å². The molecule has 0 spiro atoms. The second kappa shape index (κ2) is 2.68. The van der Waals surface area contributed by atoms with Crippen LogP contribution in [0.15, 0.2) is 0 Å². The minimum atomic E-state index is -1.02. The van der Waals surface area contributed by atoms with Crippen LogP contribution in [0.25, 0.3) is 0 Å². The lowest BCUT2D eigenvalue weighted by Gasteiger charge is -2.07. The molecular weight excluding hydrogens is 176 g/mol. The Balaban J connectivity index is 3.69. The third-order valence-corrected chi connectivity index (χ3v) is 1.52. The molecule has 0 aliphatic heterocycles. The maximum absolute atomic E-state index is 9.06. The quantitative estimate of drug-likeness (QED) is 0.224. The summed E-state index contributed by atoms with van der Waals surface area (Å²) in [4.78, 5) is 0. The van der Waals surface area contributed by atoms with Crippen molar-refractivity contribution in [2.75, 3.05) is 0 Å². The van der Waals surface area contributed by atoms with Crippen LogP contribution >= 0.6 is 0 Å². The van der Waals surface area contributed by atoms with Gasteiger partial charge in [0.1, 0.15) is 5.56 Å². The fourth-order valence-corrected chi connectivity index (χ4v) is 0.822. The van der Waals surface area contributed by atoms with Crippen molar-refractivity contribution in [1.82, 2.24) is 0 Å². The van der Waals surface area contributed by atoms with E-state index in [1.165, 1.54) is 0 Å². The molecule has 0 amide bonds. The Morgan fingerprint density at radius 3 is 1.31 bits per heavy atom. The minimum Gasteiger partial charge on any atom is -0.503 e. The second-order valence-corrected chi connectivity index (χ2v) is 2.26. The van der Waals surface area contributed by atoms with Crippen molar-refractivity contribution >= 4 is 0 Å². The smallest absolute Gasteiger partial charge is 0.208 e. The molecule has 1 rings (SSSR count). The van der Waals surface area contributed by atoms with Crippen LogP contribution in [0, 0.1) is 12.3 Å². The van der Waals surface area contributed by atoms with Gasteiger partial charge in [-0.15, -0.1) is 6.42 Å². The SMILES string of the molecule is C#Cc1c(O)c(O)c(O)c(O)c1O. The number of benzene rings is 1. The Morgan fingerprint density at radius 1 is 0.692 bits per heavy atom. The van der Waals surface area contributed by atoms with E-state index in [1.807, 2.05) is 5.92 Å². The number of rotatable bonds is 0. The highest BCUT2D eigenvalue weighted by Gasteiger charge is 2.21. The molecule has 0 radical (unpaired) electrons. The highest BCUT2D eigenvalue weighted by Crippen LogP contribution is 2.50. The van der Waals surface area contributed by atoms with Crippen LogP contribution in [0.4, 0.5) is 0 Å². The molecule has 68 valence electrons. The third kappa shape index (κ3) is 1.05. The molecule has 0 fully saturated rings. The molecule has 0 saturated heterocycles. The summed E-state index contributed by atoms with van der Waals surface area (Å²) in [5, 5.41) is 44.9. The van der Waals surface area contributed by atoms with Gasteiger partial charge in [-0.3, -0.25) is 0 Å². The summed E-state index contributed by atoms with van der Waals surface area (Å²) < 4.78 is 0. The van der Waals surface area contributed by atoms with E-state index >= 15 is 0 Å². The molecule has 1 aromatic carbocycles. The van der Waals surface area contributed by atoms with E-state index in [0.29, 0.717) is 0 Å². The molecule has 5 heteroatoms. The summed E-state index contributed by atoms with van der Waals surface area (Å²) in [6, 6.07) is 0. The second-order valence-electron chi connectivity index (χ2n) is 2.26. The Kier molecular flexibility index (Phi) is 1.83. The van der Waals surface area contributed by atoms with Gasteiger partial charge in [0, 0.05) is 0 Å². The first-order chi connectivity index (χ1) is 6.00. The van der Waals surface area contributed by atoms with E-state index in [1.54, 1.807) is 0 Å². The van der Waals surface area contributed by atoms with E-state index in [4.69, 9.17) is 32.0 Å². The van der Waals surface area contributed by atoms with Crippen LogP contribution in [-0.4, -0.2) is 25.5 Å². The lowest BCUT2D eigenvalue weighted by Crippen LogP contribution is -1.82. The van der Waals surface area contributed by atoms with Gasteiger partial charge in [-0.25, -0.2) is 0 Å². The zero-order valence-electron chi connectivity index (χ0n) is 6.31. The largest absolute Gasteiger partial charge is 0.503 e. The first-order valence-corrected chi connectivity index (χ1v) is 3.16. The molecule has 0 aliphatic rings. The number of phenols is 5. The lowest BCUT2D eigenvalue weighted by molar-refractivity contribution is 0.327. The van der Waals surface area contributed by atoms with Crippen molar-refractivity contribution in [1.29, 1.82) is 0 Å². The number of phenolic OH excluding ortho intramolecular Hbond substituents is 5. The van der Waals surface area contributed by atoms with Crippen LogP contribution < -0.4 is 0 Å². The van der Waals surface area contributed by atoms with Crippen molar-refractivity contribution < 1.29 is 25.5 Å². The Hall–Kier alpha value is -2.22. The minimum absolute atomic E-state index is 0.479.